The van der Waals surface area contributed by atoms with E-state index in [1.807, 2.05) is 6.07 Å². The molecule has 0 aliphatic rings. The van der Waals surface area contributed by atoms with E-state index in [9.17, 15) is 4.55 Å². The fraction of sp³-hybridized carbons (Fsp3) is 0.600. The van der Waals surface area contributed by atoms with Crippen LogP contribution in [0.15, 0.2) is 0 Å². The van der Waals surface area contributed by atoms with Gasteiger partial charge in [0.25, 0.3) is 0 Å². The average molecular weight is 130 g/mol. The summed E-state index contributed by atoms with van der Waals surface area (Å²) >= 11 is -0.944. The molecule has 3 heteroatoms. The van der Waals surface area contributed by atoms with Gasteiger partial charge in [0.2, 0.25) is 0 Å². The van der Waals surface area contributed by atoms with Crippen molar-refractivity contribution >= 4 is 11.2 Å². The molecule has 0 bridgehead atoms. The van der Waals surface area contributed by atoms with Crippen LogP contribution in [0.2, 0.25) is 0 Å². The van der Waals surface area contributed by atoms with Crippen LogP contribution in [0, 0.1) is 18.3 Å². The molecule has 2 nitrogen and oxygen atoms in total. The zero-order valence-electron chi connectivity index (χ0n) is 4.76. The maximum Gasteiger partial charge on any atom is 0.128 e. The lowest BCUT2D eigenvalue weighted by atomic mass is 10.4. The summed E-state index contributed by atoms with van der Waals surface area (Å²) in [6.07, 6.45) is 1.83. The van der Waals surface area contributed by atoms with E-state index in [1.165, 1.54) is 0 Å². The molecule has 2 atom stereocenters. The zero-order chi connectivity index (χ0) is 6.57. The Morgan fingerprint density at radius 2 is 2.50 bits per heavy atom. The quantitative estimate of drug-likeness (QED) is 0.510. The van der Waals surface area contributed by atoms with Crippen molar-refractivity contribution in [2.75, 3.05) is 6.26 Å². The molecule has 0 aromatic rings. The maximum absolute atomic E-state index is 10.4. The fourth-order valence-corrected chi connectivity index (χ4v) is 0.528. The predicted molar refractivity (Wildman–Crippen MR) is 33.4 cm³/mol. The lowest BCUT2D eigenvalue weighted by Crippen LogP contribution is -2.14. The Balaban J connectivity index is 3.35. The Morgan fingerprint density at radius 1 is 2.00 bits per heavy atom. The first-order valence-corrected chi connectivity index (χ1v) is 3.83. The Morgan fingerprint density at radius 3 is 2.62 bits per heavy atom. The molecule has 2 unspecified atom stereocenters. The largest absolute Gasteiger partial charge is 0.616 e. The van der Waals surface area contributed by atoms with E-state index in [0.717, 1.165) is 0 Å². The van der Waals surface area contributed by atoms with E-state index < -0.39 is 11.2 Å². The van der Waals surface area contributed by atoms with Crippen LogP contribution < -0.4 is 0 Å². The van der Waals surface area contributed by atoms with Crippen molar-refractivity contribution < 1.29 is 4.55 Å². The molecule has 0 aromatic carbocycles. The predicted octanol–water partition coefficient (Wildman–Crippen LogP) is 0.481. The van der Waals surface area contributed by atoms with Gasteiger partial charge in [-0.25, -0.2) is 0 Å². The zero-order valence-corrected chi connectivity index (χ0v) is 5.57. The van der Waals surface area contributed by atoms with E-state index in [1.54, 1.807) is 6.26 Å². The van der Waals surface area contributed by atoms with Crippen molar-refractivity contribution in [3.05, 3.63) is 6.92 Å². The summed E-state index contributed by atoms with van der Waals surface area (Å²) in [6, 6.07) is 1.89. The molecule has 45 valence electrons. The van der Waals surface area contributed by atoms with E-state index in [2.05, 4.69) is 6.92 Å². The summed E-state index contributed by atoms with van der Waals surface area (Å²) in [4.78, 5) is 0. The second-order valence-electron chi connectivity index (χ2n) is 1.48. The van der Waals surface area contributed by atoms with Crippen molar-refractivity contribution in [3.8, 4) is 6.07 Å². The van der Waals surface area contributed by atoms with Crippen molar-refractivity contribution in [1.29, 1.82) is 5.26 Å². The van der Waals surface area contributed by atoms with Crippen molar-refractivity contribution in [2.45, 2.75) is 11.7 Å². The second kappa shape index (κ2) is 3.76. The van der Waals surface area contributed by atoms with Crippen molar-refractivity contribution in [3.63, 3.8) is 0 Å². The summed E-state index contributed by atoms with van der Waals surface area (Å²) in [6.45, 7) is 3.50. The monoisotopic (exact) mass is 130 g/mol. The van der Waals surface area contributed by atoms with Gasteiger partial charge in [0.1, 0.15) is 5.25 Å². The summed E-state index contributed by atoms with van der Waals surface area (Å²) in [5.41, 5.74) is 0. The van der Waals surface area contributed by atoms with E-state index in [4.69, 9.17) is 5.26 Å². The lowest BCUT2D eigenvalue weighted by molar-refractivity contribution is 0.593. The van der Waals surface area contributed by atoms with E-state index >= 15 is 0 Å². The smallest absolute Gasteiger partial charge is 0.128 e. The van der Waals surface area contributed by atoms with Crippen LogP contribution in [0.3, 0.4) is 0 Å². The Bertz CT molecular complexity index is 97.1. The van der Waals surface area contributed by atoms with Gasteiger partial charge in [0, 0.05) is 6.92 Å². The standard InChI is InChI=1S/C5H8NOS/c1-5(3-4-6)8(2)7/h5H,1,3H2,2H3. The van der Waals surface area contributed by atoms with Crippen LogP contribution in [-0.4, -0.2) is 16.1 Å². The molecule has 1 radical (unpaired) electrons. The molecule has 0 heterocycles. The summed E-state index contributed by atoms with van der Waals surface area (Å²) in [5, 5.41) is 7.84. The number of nitrogens with zero attached hydrogens (tertiary/aromatic N) is 1. The summed E-state index contributed by atoms with van der Waals surface area (Å²) in [7, 11) is 0. The molecule has 0 rings (SSSR count). The van der Waals surface area contributed by atoms with Crippen LogP contribution >= 0.6 is 0 Å². The molecular weight excluding hydrogens is 122 g/mol. The highest BCUT2D eigenvalue weighted by Gasteiger charge is 2.09. The maximum atomic E-state index is 10.4. The molecule has 0 amide bonds. The Hall–Kier alpha value is -0.200. The molecule has 0 aliphatic carbocycles. The number of hydrogen-bond acceptors (Lipinski definition) is 2. The molecule has 0 aliphatic heterocycles. The van der Waals surface area contributed by atoms with Gasteiger partial charge in [0.15, 0.2) is 0 Å². The lowest BCUT2D eigenvalue weighted by Gasteiger charge is -2.08. The van der Waals surface area contributed by atoms with E-state index in [0.29, 0.717) is 0 Å². The third kappa shape index (κ3) is 2.89. The average Bonchev–Trinajstić information content (AvgIpc) is 1.67. The summed E-state index contributed by atoms with van der Waals surface area (Å²) < 4.78 is 10.4. The number of nitriles is 1. The van der Waals surface area contributed by atoms with Crippen LogP contribution in [0.25, 0.3) is 0 Å². The fourth-order valence-electron chi connectivity index (χ4n) is 0.219. The summed E-state index contributed by atoms with van der Waals surface area (Å²) in [5.74, 6) is 0. The van der Waals surface area contributed by atoms with Gasteiger partial charge in [-0.3, -0.25) is 0 Å². The molecule has 0 N–H and O–H groups in total. The minimum atomic E-state index is -0.944. The first-order chi connectivity index (χ1) is 3.68. The highest BCUT2D eigenvalue weighted by molar-refractivity contribution is 7.91. The van der Waals surface area contributed by atoms with Gasteiger partial charge in [-0.2, -0.15) is 5.26 Å². The first kappa shape index (κ1) is 7.80. The number of rotatable bonds is 2. The van der Waals surface area contributed by atoms with Crippen LogP contribution in [-0.2, 0) is 11.2 Å². The SMILES string of the molecule is [CH2]C(CC#N)[S+](C)[O-]. The molecule has 0 aromatic heterocycles. The third-order valence-electron chi connectivity index (χ3n) is 0.788. The Kier molecular flexibility index (Phi) is 3.67. The first-order valence-electron chi connectivity index (χ1n) is 2.20. The Labute approximate surface area is 52.7 Å². The highest BCUT2D eigenvalue weighted by Crippen LogP contribution is 1.99. The van der Waals surface area contributed by atoms with Crippen LogP contribution in [0.5, 0.6) is 0 Å². The van der Waals surface area contributed by atoms with E-state index in [-0.39, 0.29) is 11.7 Å². The molecule has 0 spiro atoms. The molecule has 0 fully saturated rings. The van der Waals surface area contributed by atoms with Gasteiger partial charge in [0.05, 0.1) is 18.7 Å². The van der Waals surface area contributed by atoms with Gasteiger partial charge < -0.3 is 4.55 Å². The van der Waals surface area contributed by atoms with Gasteiger partial charge in [-0.15, -0.1) is 0 Å². The van der Waals surface area contributed by atoms with Gasteiger partial charge >= 0.3 is 0 Å². The minimum absolute atomic E-state index is 0.222. The second-order valence-corrected chi connectivity index (χ2v) is 3.15. The normalized spacial score (nSPS) is 16.8. The molecule has 0 saturated carbocycles. The van der Waals surface area contributed by atoms with Crippen molar-refractivity contribution in [1.82, 2.24) is 0 Å². The highest BCUT2D eigenvalue weighted by atomic mass is 32.2. The van der Waals surface area contributed by atoms with Gasteiger partial charge in [-0.1, -0.05) is 11.2 Å². The minimum Gasteiger partial charge on any atom is -0.616 e. The van der Waals surface area contributed by atoms with Crippen LogP contribution in [0.4, 0.5) is 0 Å². The van der Waals surface area contributed by atoms with Crippen molar-refractivity contribution in [2.24, 2.45) is 0 Å². The topological polar surface area (TPSA) is 46.8 Å². The van der Waals surface area contributed by atoms with Gasteiger partial charge in [-0.05, 0) is 0 Å². The third-order valence-corrected chi connectivity index (χ3v) is 1.89. The molecule has 8 heavy (non-hydrogen) atoms. The number of hydrogen-bond donors (Lipinski definition) is 0. The van der Waals surface area contributed by atoms with Crippen LogP contribution in [0.1, 0.15) is 6.42 Å². The molecule has 0 saturated heterocycles. The molecular formula is C5H8NOS.